The summed E-state index contributed by atoms with van der Waals surface area (Å²) in [6.45, 7) is 4.08. The molecule has 1 heterocycles. The van der Waals surface area contributed by atoms with Crippen molar-refractivity contribution in [2.24, 2.45) is 5.92 Å². The maximum absolute atomic E-state index is 13.1. The molecule has 1 unspecified atom stereocenters. The van der Waals surface area contributed by atoms with Crippen molar-refractivity contribution in [3.05, 3.63) is 35.6 Å². The topological polar surface area (TPSA) is 44.4 Å². The Bertz CT molecular complexity index is 510. The summed E-state index contributed by atoms with van der Waals surface area (Å²) in [4.78, 5) is 14.2. The molecule has 1 atom stereocenters. The molecule has 0 radical (unpaired) electrons. The van der Waals surface area contributed by atoms with Gasteiger partial charge in [0.1, 0.15) is 5.82 Å². The van der Waals surface area contributed by atoms with Crippen molar-refractivity contribution in [3.63, 3.8) is 0 Å². The molecule has 1 aliphatic heterocycles. The van der Waals surface area contributed by atoms with Crippen LogP contribution in [-0.2, 0) is 4.79 Å². The van der Waals surface area contributed by atoms with E-state index in [0.29, 0.717) is 18.9 Å². The van der Waals surface area contributed by atoms with Gasteiger partial charge in [-0.05, 0) is 36.5 Å². The minimum atomic E-state index is -0.199. The lowest BCUT2D eigenvalue weighted by molar-refractivity contribution is -0.131. The van der Waals surface area contributed by atoms with Crippen LogP contribution in [0.2, 0.25) is 0 Å². The van der Waals surface area contributed by atoms with E-state index < -0.39 is 0 Å². The first-order chi connectivity index (χ1) is 11.2. The summed E-state index contributed by atoms with van der Waals surface area (Å²) < 4.78 is 13.1. The second-order valence-corrected chi connectivity index (χ2v) is 6.56. The summed E-state index contributed by atoms with van der Waals surface area (Å²) in [7, 11) is 0. The number of halogens is 1. The van der Waals surface area contributed by atoms with E-state index in [1.165, 1.54) is 31.4 Å². The van der Waals surface area contributed by atoms with Crippen molar-refractivity contribution in [2.45, 2.75) is 31.7 Å². The van der Waals surface area contributed by atoms with Gasteiger partial charge in [0.2, 0.25) is 5.91 Å². The van der Waals surface area contributed by atoms with E-state index in [9.17, 15) is 9.18 Å². The van der Waals surface area contributed by atoms with Crippen molar-refractivity contribution in [1.82, 2.24) is 15.5 Å². The number of rotatable bonds is 6. The van der Waals surface area contributed by atoms with Crippen LogP contribution in [0.25, 0.3) is 0 Å². The van der Waals surface area contributed by atoms with Crippen LogP contribution in [0.4, 0.5) is 4.39 Å². The van der Waals surface area contributed by atoms with Gasteiger partial charge >= 0.3 is 0 Å². The molecule has 1 aromatic carbocycles. The van der Waals surface area contributed by atoms with Crippen LogP contribution in [0.1, 0.15) is 37.3 Å². The molecule has 0 aromatic heterocycles. The minimum absolute atomic E-state index is 0.199. The maximum Gasteiger partial charge on any atom is 0.223 e. The van der Waals surface area contributed by atoms with Gasteiger partial charge in [-0.15, -0.1) is 0 Å². The lowest BCUT2D eigenvalue weighted by Crippen LogP contribution is -2.47. The first-order valence-corrected chi connectivity index (χ1v) is 8.71. The number of nitrogens with one attached hydrogen (secondary N) is 2. The zero-order chi connectivity index (χ0) is 16.1. The molecule has 1 aliphatic carbocycles. The molecule has 3 rings (SSSR count). The van der Waals surface area contributed by atoms with Crippen molar-refractivity contribution in [3.8, 4) is 0 Å². The molecule has 1 saturated heterocycles. The Morgan fingerprint density at radius 2 is 1.96 bits per heavy atom. The zero-order valence-electron chi connectivity index (χ0n) is 13.6. The van der Waals surface area contributed by atoms with Gasteiger partial charge in [0, 0.05) is 45.2 Å². The van der Waals surface area contributed by atoms with Crippen LogP contribution >= 0.6 is 0 Å². The molecule has 23 heavy (non-hydrogen) atoms. The number of benzene rings is 1. The Labute approximate surface area is 137 Å². The number of hydrogen-bond donors (Lipinski definition) is 2. The summed E-state index contributed by atoms with van der Waals surface area (Å²) in [5, 5.41) is 6.80. The molecule has 0 spiro atoms. The Kier molecular flexibility index (Phi) is 5.62. The SMILES string of the molecule is O=C(CCNC(c1ccc(F)cc1)C1CCC1)N1CCNCC1. The van der Waals surface area contributed by atoms with Crippen LogP contribution in [0.3, 0.4) is 0 Å². The van der Waals surface area contributed by atoms with Crippen molar-refractivity contribution >= 4 is 5.91 Å². The van der Waals surface area contributed by atoms with Crippen molar-refractivity contribution in [2.75, 3.05) is 32.7 Å². The summed E-state index contributed by atoms with van der Waals surface area (Å²) in [6, 6.07) is 7.01. The quantitative estimate of drug-likeness (QED) is 0.844. The summed E-state index contributed by atoms with van der Waals surface area (Å²) in [5.41, 5.74) is 1.13. The highest BCUT2D eigenvalue weighted by molar-refractivity contribution is 5.76. The molecular formula is C18H26FN3O. The van der Waals surface area contributed by atoms with Crippen molar-refractivity contribution in [1.29, 1.82) is 0 Å². The predicted octanol–water partition coefficient (Wildman–Crippen LogP) is 2.08. The minimum Gasteiger partial charge on any atom is -0.340 e. The first kappa shape index (κ1) is 16.4. The molecule has 1 aromatic rings. The summed E-state index contributed by atoms with van der Waals surface area (Å²) in [6.07, 6.45) is 4.22. The first-order valence-electron chi connectivity index (χ1n) is 8.71. The molecule has 2 N–H and O–H groups in total. The van der Waals surface area contributed by atoms with E-state index in [1.54, 1.807) is 0 Å². The second kappa shape index (κ2) is 7.88. The van der Waals surface area contributed by atoms with Crippen LogP contribution in [-0.4, -0.2) is 43.5 Å². The number of piperazine rings is 1. The fourth-order valence-electron chi connectivity index (χ4n) is 3.41. The Morgan fingerprint density at radius 1 is 1.26 bits per heavy atom. The van der Waals surface area contributed by atoms with Crippen LogP contribution in [0.15, 0.2) is 24.3 Å². The van der Waals surface area contributed by atoms with Gasteiger partial charge in [-0.2, -0.15) is 0 Å². The van der Waals surface area contributed by atoms with E-state index in [1.807, 2.05) is 17.0 Å². The average molecular weight is 319 g/mol. The van der Waals surface area contributed by atoms with Crippen LogP contribution in [0.5, 0.6) is 0 Å². The van der Waals surface area contributed by atoms with Crippen LogP contribution in [0, 0.1) is 11.7 Å². The fourth-order valence-corrected chi connectivity index (χ4v) is 3.41. The maximum atomic E-state index is 13.1. The van der Waals surface area contributed by atoms with Crippen LogP contribution < -0.4 is 10.6 Å². The number of carbonyl (C=O) groups is 1. The van der Waals surface area contributed by atoms with Gasteiger partial charge in [-0.1, -0.05) is 18.6 Å². The second-order valence-electron chi connectivity index (χ2n) is 6.56. The lowest BCUT2D eigenvalue weighted by atomic mass is 9.77. The molecule has 4 nitrogen and oxygen atoms in total. The van der Waals surface area contributed by atoms with E-state index in [-0.39, 0.29) is 17.8 Å². The molecular weight excluding hydrogens is 293 g/mol. The van der Waals surface area contributed by atoms with E-state index in [0.717, 1.165) is 31.7 Å². The van der Waals surface area contributed by atoms with Gasteiger partial charge < -0.3 is 15.5 Å². The van der Waals surface area contributed by atoms with E-state index >= 15 is 0 Å². The van der Waals surface area contributed by atoms with E-state index in [4.69, 9.17) is 0 Å². The third-order valence-corrected chi connectivity index (χ3v) is 5.02. The Hall–Kier alpha value is -1.46. The highest BCUT2D eigenvalue weighted by atomic mass is 19.1. The highest BCUT2D eigenvalue weighted by Gasteiger charge is 2.28. The van der Waals surface area contributed by atoms with E-state index in [2.05, 4.69) is 10.6 Å². The largest absolute Gasteiger partial charge is 0.340 e. The molecule has 2 fully saturated rings. The number of hydrogen-bond acceptors (Lipinski definition) is 3. The third kappa shape index (κ3) is 4.30. The summed E-state index contributed by atoms with van der Waals surface area (Å²) in [5.74, 6) is 0.634. The number of amides is 1. The van der Waals surface area contributed by atoms with Gasteiger partial charge in [-0.3, -0.25) is 4.79 Å². The zero-order valence-corrected chi connectivity index (χ0v) is 13.6. The highest BCUT2D eigenvalue weighted by Crippen LogP contribution is 2.37. The van der Waals surface area contributed by atoms with Gasteiger partial charge in [-0.25, -0.2) is 4.39 Å². The van der Waals surface area contributed by atoms with Gasteiger partial charge in [0.05, 0.1) is 0 Å². The fraction of sp³-hybridized carbons (Fsp3) is 0.611. The molecule has 2 aliphatic rings. The summed E-state index contributed by atoms with van der Waals surface area (Å²) >= 11 is 0. The van der Waals surface area contributed by atoms with Crippen molar-refractivity contribution < 1.29 is 9.18 Å². The Morgan fingerprint density at radius 3 is 2.57 bits per heavy atom. The monoisotopic (exact) mass is 319 g/mol. The molecule has 0 bridgehead atoms. The van der Waals surface area contributed by atoms with Gasteiger partial charge in [0.15, 0.2) is 0 Å². The third-order valence-electron chi connectivity index (χ3n) is 5.02. The molecule has 126 valence electrons. The Balaban J connectivity index is 1.52. The standard InChI is InChI=1S/C18H26FN3O/c19-16-6-4-15(5-7-16)18(14-2-1-3-14)21-9-8-17(23)22-12-10-20-11-13-22/h4-7,14,18,20-21H,1-3,8-13H2. The molecule has 1 amide bonds. The molecule has 1 saturated carbocycles. The smallest absolute Gasteiger partial charge is 0.223 e. The predicted molar refractivity (Wildman–Crippen MR) is 88.6 cm³/mol. The number of nitrogens with zero attached hydrogens (tertiary/aromatic N) is 1. The molecule has 5 heteroatoms. The van der Waals surface area contributed by atoms with Gasteiger partial charge in [0.25, 0.3) is 0 Å². The number of carbonyl (C=O) groups excluding carboxylic acids is 1. The normalized spacial score (nSPS) is 20.1. The lowest BCUT2D eigenvalue weighted by Gasteiger charge is -2.35. The average Bonchev–Trinajstić information content (AvgIpc) is 2.54.